The molecule has 0 aliphatic heterocycles. The summed E-state index contributed by atoms with van der Waals surface area (Å²) < 4.78 is 10.6. The van der Waals surface area contributed by atoms with Crippen LogP contribution in [0.4, 0.5) is 0 Å². The normalized spacial score (nSPS) is 11.8. The quantitative estimate of drug-likeness (QED) is 0.891. The lowest BCUT2D eigenvalue weighted by molar-refractivity contribution is -0.121. The first kappa shape index (κ1) is 15.4. The first-order valence-electron chi connectivity index (χ1n) is 6.66. The van der Waals surface area contributed by atoms with Gasteiger partial charge in [0.2, 0.25) is 5.91 Å². The first-order valence-corrected chi connectivity index (χ1v) is 7.60. The van der Waals surface area contributed by atoms with Gasteiger partial charge in [0.05, 0.1) is 26.7 Å². The Kier molecular flexibility index (Phi) is 5.22. The Morgan fingerprint density at radius 1 is 1.29 bits per heavy atom. The van der Waals surface area contributed by atoms with Crippen molar-refractivity contribution < 1.29 is 14.3 Å². The fourth-order valence-electron chi connectivity index (χ4n) is 2.13. The van der Waals surface area contributed by atoms with Crippen molar-refractivity contribution in [3.05, 3.63) is 46.2 Å². The van der Waals surface area contributed by atoms with Crippen molar-refractivity contribution in [1.82, 2.24) is 5.32 Å². The van der Waals surface area contributed by atoms with Crippen LogP contribution in [0.2, 0.25) is 0 Å². The Morgan fingerprint density at radius 3 is 2.71 bits per heavy atom. The van der Waals surface area contributed by atoms with Gasteiger partial charge in [0.25, 0.3) is 0 Å². The first-order chi connectivity index (χ1) is 10.1. The van der Waals surface area contributed by atoms with Crippen LogP contribution in [0, 0.1) is 0 Å². The van der Waals surface area contributed by atoms with Crippen LogP contribution in [0.1, 0.15) is 24.1 Å². The zero-order chi connectivity index (χ0) is 15.2. The van der Waals surface area contributed by atoms with Gasteiger partial charge < -0.3 is 14.8 Å². The molecule has 0 aliphatic rings. The Bertz CT molecular complexity index is 596. The number of rotatable bonds is 6. The summed E-state index contributed by atoms with van der Waals surface area (Å²) in [6, 6.07) is 7.37. The van der Waals surface area contributed by atoms with E-state index in [1.807, 2.05) is 41.9 Å². The van der Waals surface area contributed by atoms with Crippen molar-refractivity contribution in [2.24, 2.45) is 0 Å². The predicted molar refractivity (Wildman–Crippen MR) is 84.1 cm³/mol. The molecule has 0 unspecified atom stereocenters. The zero-order valence-corrected chi connectivity index (χ0v) is 13.2. The highest BCUT2D eigenvalue weighted by molar-refractivity contribution is 7.07. The lowest BCUT2D eigenvalue weighted by Gasteiger charge is -2.18. The molecule has 1 amide bonds. The molecule has 1 aromatic carbocycles. The molecule has 21 heavy (non-hydrogen) atoms. The highest BCUT2D eigenvalue weighted by Crippen LogP contribution is 2.29. The minimum absolute atomic E-state index is 0.00854. The SMILES string of the molecule is COc1ccc(OC)c([C@@H](C)NC(=O)Cc2ccsc2)c1. The predicted octanol–water partition coefficient (Wildman–Crippen LogP) is 3.19. The third-order valence-corrected chi connectivity index (χ3v) is 3.96. The van der Waals surface area contributed by atoms with Crippen LogP contribution >= 0.6 is 11.3 Å². The number of hydrogen-bond acceptors (Lipinski definition) is 4. The Labute approximate surface area is 128 Å². The van der Waals surface area contributed by atoms with Gasteiger partial charge >= 0.3 is 0 Å². The highest BCUT2D eigenvalue weighted by Gasteiger charge is 2.15. The molecule has 2 aromatic rings. The van der Waals surface area contributed by atoms with E-state index in [1.54, 1.807) is 25.6 Å². The van der Waals surface area contributed by atoms with Gasteiger partial charge in [0.15, 0.2) is 0 Å². The molecule has 1 aromatic heterocycles. The van der Waals surface area contributed by atoms with Crippen LogP contribution in [-0.2, 0) is 11.2 Å². The van der Waals surface area contributed by atoms with E-state index in [0.717, 1.165) is 22.6 Å². The summed E-state index contributed by atoms with van der Waals surface area (Å²) in [6.07, 6.45) is 0.389. The minimum atomic E-state index is -0.152. The van der Waals surface area contributed by atoms with E-state index < -0.39 is 0 Å². The van der Waals surface area contributed by atoms with Crippen molar-refractivity contribution in [3.8, 4) is 11.5 Å². The molecule has 0 aliphatic carbocycles. The van der Waals surface area contributed by atoms with E-state index in [0.29, 0.717) is 6.42 Å². The van der Waals surface area contributed by atoms with Crippen LogP contribution in [-0.4, -0.2) is 20.1 Å². The van der Waals surface area contributed by atoms with Gasteiger partial charge in [0, 0.05) is 5.56 Å². The molecule has 1 heterocycles. The third kappa shape index (κ3) is 3.98. The van der Waals surface area contributed by atoms with E-state index in [-0.39, 0.29) is 11.9 Å². The van der Waals surface area contributed by atoms with Crippen LogP contribution in [0.15, 0.2) is 35.0 Å². The number of methoxy groups -OCH3 is 2. The van der Waals surface area contributed by atoms with Gasteiger partial charge in [-0.1, -0.05) is 0 Å². The third-order valence-electron chi connectivity index (χ3n) is 3.23. The summed E-state index contributed by atoms with van der Waals surface area (Å²) in [4.78, 5) is 12.1. The van der Waals surface area contributed by atoms with Gasteiger partial charge in [-0.3, -0.25) is 4.79 Å². The molecule has 0 saturated heterocycles. The van der Waals surface area contributed by atoms with Crippen LogP contribution in [0.5, 0.6) is 11.5 Å². The monoisotopic (exact) mass is 305 g/mol. The summed E-state index contributed by atoms with van der Waals surface area (Å²) in [5.41, 5.74) is 1.93. The average molecular weight is 305 g/mol. The summed E-state index contributed by atoms with van der Waals surface area (Å²) >= 11 is 1.59. The Balaban J connectivity index is 2.08. The van der Waals surface area contributed by atoms with Crippen LogP contribution < -0.4 is 14.8 Å². The fourth-order valence-corrected chi connectivity index (χ4v) is 2.80. The number of hydrogen-bond donors (Lipinski definition) is 1. The molecule has 112 valence electrons. The fraction of sp³-hybridized carbons (Fsp3) is 0.312. The van der Waals surface area contributed by atoms with Crippen LogP contribution in [0.25, 0.3) is 0 Å². The number of benzene rings is 1. The maximum atomic E-state index is 12.1. The second-order valence-corrected chi connectivity index (χ2v) is 5.49. The molecular weight excluding hydrogens is 286 g/mol. The van der Waals surface area contributed by atoms with E-state index in [9.17, 15) is 4.79 Å². The number of carbonyl (C=O) groups excluding carboxylic acids is 1. The molecule has 0 spiro atoms. The van der Waals surface area contributed by atoms with E-state index in [1.165, 1.54) is 0 Å². The molecule has 4 nitrogen and oxygen atoms in total. The lowest BCUT2D eigenvalue weighted by Crippen LogP contribution is -2.28. The summed E-state index contributed by atoms with van der Waals surface area (Å²) in [5, 5.41) is 6.94. The summed E-state index contributed by atoms with van der Waals surface area (Å²) in [5.74, 6) is 1.47. The van der Waals surface area contributed by atoms with Gasteiger partial charge in [-0.25, -0.2) is 0 Å². The van der Waals surface area contributed by atoms with Crippen molar-refractivity contribution in [1.29, 1.82) is 0 Å². The number of nitrogens with one attached hydrogen (secondary N) is 1. The van der Waals surface area contributed by atoms with Crippen molar-refractivity contribution in [2.45, 2.75) is 19.4 Å². The molecule has 0 radical (unpaired) electrons. The van der Waals surface area contributed by atoms with Gasteiger partial charge in [0.1, 0.15) is 11.5 Å². The molecule has 0 fully saturated rings. The maximum Gasteiger partial charge on any atom is 0.224 e. The van der Waals surface area contributed by atoms with Gasteiger partial charge in [-0.05, 0) is 47.5 Å². The smallest absolute Gasteiger partial charge is 0.224 e. The maximum absolute atomic E-state index is 12.1. The molecule has 5 heteroatoms. The number of amides is 1. The van der Waals surface area contributed by atoms with Crippen molar-refractivity contribution >= 4 is 17.2 Å². The average Bonchev–Trinajstić information content (AvgIpc) is 2.99. The molecule has 0 saturated carbocycles. The second-order valence-electron chi connectivity index (χ2n) is 4.71. The summed E-state index contributed by atoms with van der Waals surface area (Å²) in [6.45, 7) is 1.93. The van der Waals surface area contributed by atoms with Crippen LogP contribution in [0.3, 0.4) is 0 Å². The van der Waals surface area contributed by atoms with Gasteiger partial charge in [-0.2, -0.15) is 11.3 Å². The number of thiophene rings is 1. The van der Waals surface area contributed by atoms with Crippen molar-refractivity contribution in [3.63, 3.8) is 0 Å². The van der Waals surface area contributed by atoms with E-state index >= 15 is 0 Å². The van der Waals surface area contributed by atoms with Crippen molar-refractivity contribution in [2.75, 3.05) is 14.2 Å². The minimum Gasteiger partial charge on any atom is -0.497 e. The number of ether oxygens (including phenoxy) is 2. The topological polar surface area (TPSA) is 47.6 Å². The van der Waals surface area contributed by atoms with E-state index in [4.69, 9.17) is 9.47 Å². The van der Waals surface area contributed by atoms with Gasteiger partial charge in [-0.15, -0.1) is 0 Å². The highest BCUT2D eigenvalue weighted by atomic mass is 32.1. The second kappa shape index (κ2) is 7.13. The molecule has 2 rings (SSSR count). The summed E-state index contributed by atoms with van der Waals surface area (Å²) in [7, 11) is 3.23. The largest absolute Gasteiger partial charge is 0.497 e. The number of carbonyl (C=O) groups is 1. The zero-order valence-electron chi connectivity index (χ0n) is 12.4. The Morgan fingerprint density at radius 2 is 2.10 bits per heavy atom. The lowest BCUT2D eigenvalue weighted by atomic mass is 10.1. The molecule has 1 atom stereocenters. The standard InChI is InChI=1S/C16H19NO3S/c1-11(17-16(18)8-12-6-7-21-10-12)14-9-13(19-2)4-5-15(14)20-3/h4-7,9-11H,8H2,1-3H3,(H,17,18)/t11-/m1/s1. The molecule has 0 bridgehead atoms. The molecular formula is C16H19NO3S. The molecule has 1 N–H and O–H groups in total. The Hall–Kier alpha value is -2.01. The van der Waals surface area contributed by atoms with E-state index in [2.05, 4.69) is 5.32 Å².